The van der Waals surface area contributed by atoms with Crippen molar-refractivity contribution in [3.8, 4) is 0 Å². The second kappa shape index (κ2) is 11.3. The SMILES string of the molecule is CC(=O)OC[C@@H]1O[C@H](SC(=S)N(C)C)[C@H](OC(C)=O)[C@@H](OC(C)=O)[C@@H]1OC(C)=O. The summed E-state index contributed by atoms with van der Waals surface area (Å²) in [6.45, 7) is 4.45. The minimum absolute atomic E-state index is 0.274. The van der Waals surface area contributed by atoms with Gasteiger partial charge in [-0.2, -0.15) is 0 Å². The quantitative estimate of drug-likeness (QED) is 0.320. The van der Waals surface area contributed by atoms with Gasteiger partial charge in [-0.1, -0.05) is 24.0 Å². The summed E-state index contributed by atoms with van der Waals surface area (Å²) in [6.07, 6.45) is -4.49. The van der Waals surface area contributed by atoms with Crippen molar-refractivity contribution in [2.45, 2.75) is 57.5 Å². The molecule has 0 unspecified atom stereocenters. The first-order valence-corrected chi connectivity index (χ1v) is 9.89. The molecule has 1 fully saturated rings. The molecule has 164 valence electrons. The average Bonchev–Trinajstić information content (AvgIpc) is 2.56. The van der Waals surface area contributed by atoms with Crippen LogP contribution in [0.4, 0.5) is 0 Å². The van der Waals surface area contributed by atoms with Crippen LogP contribution in [0.5, 0.6) is 0 Å². The fourth-order valence-electron chi connectivity index (χ4n) is 2.49. The highest BCUT2D eigenvalue weighted by Crippen LogP contribution is 2.35. The summed E-state index contributed by atoms with van der Waals surface area (Å²) in [5, 5.41) is 0. The molecular formula is C17H25NO9S2. The van der Waals surface area contributed by atoms with Gasteiger partial charge in [-0.05, 0) is 0 Å². The van der Waals surface area contributed by atoms with E-state index in [-0.39, 0.29) is 6.61 Å². The summed E-state index contributed by atoms with van der Waals surface area (Å²) in [4.78, 5) is 47.9. The van der Waals surface area contributed by atoms with Gasteiger partial charge in [0.1, 0.15) is 17.0 Å². The lowest BCUT2D eigenvalue weighted by atomic mass is 9.99. The number of carbonyl (C=O) groups is 4. The Morgan fingerprint density at radius 3 is 1.79 bits per heavy atom. The van der Waals surface area contributed by atoms with Crippen LogP contribution in [0, 0.1) is 0 Å². The normalized spacial score (nSPS) is 26.1. The molecule has 10 nitrogen and oxygen atoms in total. The minimum Gasteiger partial charge on any atom is -0.463 e. The third kappa shape index (κ3) is 8.15. The molecule has 0 bridgehead atoms. The van der Waals surface area contributed by atoms with E-state index in [1.54, 1.807) is 19.0 Å². The molecule has 0 radical (unpaired) electrons. The van der Waals surface area contributed by atoms with Crippen LogP contribution in [-0.4, -0.2) is 83.7 Å². The number of hydrogen-bond acceptors (Lipinski definition) is 11. The predicted octanol–water partition coefficient (Wildman–Crippen LogP) is 0.649. The highest BCUT2D eigenvalue weighted by Gasteiger charge is 2.52. The molecule has 0 aromatic rings. The van der Waals surface area contributed by atoms with Crippen molar-refractivity contribution in [1.82, 2.24) is 4.90 Å². The molecular weight excluding hydrogens is 426 g/mol. The lowest BCUT2D eigenvalue weighted by Gasteiger charge is -2.44. The molecule has 0 aliphatic carbocycles. The molecule has 0 saturated carbocycles. The Balaban J connectivity index is 3.33. The standard InChI is InChI=1S/C17H25NO9S2/c1-8(19)23-7-12-13(24-9(2)20)14(25-10(3)21)15(26-11(4)22)16(27-12)29-17(28)18(5)6/h12-16H,7H2,1-6H3/t12-,13+,14-,15+,16+/m0/s1. The van der Waals surface area contributed by atoms with Crippen LogP contribution in [0.2, 0.25) is 0 Å². The Morgan fingerprint density at radius 2 is 1.34 bits per heavy atom. The Labute approximate surface area is 178 Å². The van der Waals surface area contributed by atoms with Crippen LogP contribution in [0.25, 0.3) is 0 Å². The summed E-state index contributed by atoms with van der Waals surface area (Å²) in [6, 6.07) is 0. The maximum absolute atomic E-state index is 11.7. The number of hydrogen-bond donors (Lipinski definition) is 0. The molecule has 1 aliphatic heterocycles. The largest absolute Gasteiger partial charge is 0.463 e. The number of thiocarbonyl (C=S) groups is 1. The number of carbonyl (C=O) groups excluding carboxylic acids is 4. The number of rotatable bonds is 6. The molecule has 1 saturated heterocycles. The van der Waals surface area contributed by atoms with Crippen molar-refractivity contribution in [3.63, 3.8) is 0 Å². The molecule has 1 heterocycles. The van der Waals surface area contributed by atoms with Crippen molar-refractivity contribution in [3.05, 3.63) is 0 Å². The molecule has 29 heavy (non-hydrogen) atoms. The lowest BCUT2D eigenvalue weighted by molar-refractivity contribution is -0.237. The van der Waals surface area contributed by atoms with E-state index < -0.39 is 53.7 Å². The molecule has 5 atom stereocenters. The zero-order valence-corrected chi connectivity index (χ0v) is 18.7. The van der Waals surface area contributed by atoms with Crippen molar-refractivity contribution in [1.29, 1.82) is 0 Å². The summed E-state index contributed by atoms with van der Waals surface area (Å²) in [5.41, 5.74) is -0.912. The second-order valence-corrected chi connectivity index (χ2v) is 8.08. The highest BCUT2D eigenvalue weighted by atomic mass is 32.2. The summed E-state index contributed by atoms with van der Waals surface area (Å²) in [7, 11) is 3.45. The Kier molecular flexibility index (Phi) is 9.80. The van der Waals surface area contributed by atoms with Gasteiger partial charge in [-0.25, -0.2) is 0 Å². The first-order valence-electron chi connectivity index (χ1n) is 8.60. The molecule has 0 aromatic heterocycles. The third-order valence-corrected chi connectivity index (χ3v) is 5.36. The van der Waals surface area contributed by atoms with Crippen molar-refractivity contribution in [2.24, 2.45) is 0 Å². The smallest absolute Gasteiger partial charge is 0.303 e. The fourth-order valence-corrected chi connectivity index (χ4v) is 3.73. The van der Waals surface area contributed by atoms with Crippen LogP contribution in [-0.2, 0) is 42.9 Å². The number of ether oxygens (including phenoxy) is 5. The molecule has 12 heteroatoms. The van der Waals surface area contributed by atoms with Crippen molar-refractivity contribution < 1.29 is 42.9 Å². The molecule has 0 spiro atoms. The van der Waals surface area contributed by atoms with E-state index in [1.807, 2.05) is 0 Å². The van der Waals surface area contributed by atoms with E-state index in [2.05, 4.69) is 0 Å². The minimum atomic E-state index is -1.20. The van der Waals surface area contributed by atoms with Gasteiger partial charge in [0.2, 0.25) is 0 Å². The topological polar surface area (TPSA) is 118 Å². The van der Waals surface area contributed by atoms with E-state index in [0.717, 1.165) is 18.7 Å². The van der Waals surface area contributed by atoms with Gasteiger partial charge in [-0.3, -0.25) is 19.2 Å². The van der Waals surface area contributed by atoms with Crippen LogP contribution in [0.15, 0.2) is 0 Å². The van der Waals surface area contributed by atoms with Gasteiger partial charge in [-0.15, -0.1) is 0 Å². The first-order chi connectivity index (χ1) is 13.4. The van der Waals surface area contributed by atoms with Crippen molar-refractivity contribution in [2.75, 3.05) is 20.7 Å². The molecule has 0 N–H and O–H groups in total. The molecule has 1 rings (SSSR count). The van der Waals surface area contributed by atoms with Crippen LogP contribution in [0.1, 0.15) is 27.7 Å². The van der Waals surface area contributed by atoms with Gasteiger partial charge in [0.05, 0.1) is 0 Å². The predicted molar refractivity (Wildman–Crippen MR) is 106 cm³/mol. The number of thioether (sulfide) groups is 1. The number of nitrogens with zero attached hydrogens (tertiary/aromatic N) is 1. The summed E-state index contributed by atoms with van der Waals surface area (Å²) in [5.74, 6) is -2.59. The molecule has 1 aliphatic rings. The Hall–Kier alpha value is -1.92. The van der Waals surface area contributed by atoms with E-state index >= 15 is 0 Å². The van der Waals surface area contributed by atoms with Gasteiger partial charge in [0.25, 0.3) is 0 Å². The zero-order chi connectivity index (χ0) is 22.3. The highest BCUT2D eigenvalue weighted by molar-refractivity contribution is 8.23. The first kappa shape index (κ1) is 25.1. The summed E-state index contributed by atoms with van der Waals surface area (Å²) < 4.78 is 27.3. The second-order valence-electron chi connectivity index (χ2n) is 6.35. The zero-order valence-electron chi connectivity index (χ0n) is 17.0. The van der Waals surface area contributed by atoms with Gasteiger partial charge in [0, 0.05) is 41.8 Å². The third-order valence-electron chi connectivity index (χ3n) is 3.53. The average molecular weight is 452 g/mol. The van der Waals surface area contributed by atoms with Crippen LogP contribution in [0.3, 0.4) is 0 Å². The maximum Gasteiger partial charge on any atom is 0.303 e. The molecule has 0 amide bonds. The monoisotopic (exact) mass is 451 g/mol. The van der Waals surface area contributed by atoms with Crippen LogP contribution < -0.4 is 0 Å². The van der Waals surface area contributed by atoms with Crippen LogP contribution >= 0.6 is 24.0 Å². The Bertz CT molecular complexity index is 655. The molecule has 0 aromatic carbocycles. The van der Waals surface area contributed by atoms with E-state index in [0.29, 0.717) is 4.32 Å². The van der Waals surface area contributed by atoms with E-state index in [1.165, 1.54) is 20.8 Å². The van der Waals surface area contributed by atoms with Gasteiger partial charge >= 0.3 is 23.9 Å². The van der Waals surface area contributed by atoms with E-state index in [4.69, 9.17) is 35.9 Å². The maximum atomic E-state index is 11.7. The number of esters is 4. The van der Waals surface area contributed by atoms with E-state index in [9.17, 15) is 19.2 Å². The lowest BCUT2D eigenvalue weighted by Crippen LogP contribution is -2.61. The fraction of sp³-hybridized carbons (Fsp3) is 0.706. The van der Waals surface area contributed by atoms with Gasteiger partial charge in [0.15, 0.2) is 23.7 Å². The van der Waals surface area contributed by atoms with Crippen molar-refractivity contribution >= 4 is 52.2 Å². The Morgan fingerprint density at radius 1 is 0.862 bits per heavy atom. The summed E-state index contributed by atoms with van der Waals surface area (Å²) >= 11 is 6.34. The van der Waals surface area contributed by atoms with Gasteiger partial charge < -0.3 is 28.6 Å².